The molecule has 2 rings (SSSR count). The van der Waals surface area contributed by atoms with Crippen molar-refractivity contribution in [1.82, 2.24) is 0 Å². The Morgan fingerprint density at radius 3 is 2.41 bits per heavy atom. The van der Waals surface area contributed by atoms with E-state index in [1.165, 1.54) is 0 Å². The van der Waals surface area contributed by atoms with Crippen molar-refractivity contribution in [1.29, 1.82) is 0 Å². The van der Waals surface area contributed by atoms with Crippen LogP contribution >= 0.6 is 0 Å². The molecule has 0 N–H and O–H groups in total. The van der Waals surface area contributed by atoms with Crippen molar-refractivity contribution in [2.75, 3.05) is 13.2 Å². The largest absolute Gasteiger partial charge is 0.381 e. The Morgan fingerprint density at radius 2 is 1.88 bits per heavy atom. The minimum Gasteiger partial charge on any atom is -0.381 e. The molecule has 1 aromatic rings. The van der Waals surface area contributed by atoms with Crippen molar-refractivity contribution in [2.45, 2.75) is 45.4 Å². The van der Waals surface area contributed by atoms with Gasteiger partial charge in [-0.25, -0.2) is 4.39 Å². The van der Waals surface area contributed by atoms with Gasteiger partial charge in [0.1, 0.15) is 5.82 Å². The highest BCUT2D eigenvalue weighted by Crippen LogP contribution is 2.31. The molecule has 0 unspecified atom stereocenters. The molecule has 1 aliphatic rings. The molecule has 0 saturated carbocycles. The summed E-state index contributed by atoms with van der Waals surface area (Å²) in [4.78, 5) is 0. The molecule has 1 aromatic carbocycles. The van der Waals surface area contributed by atoms with E-state index in [0.29, 0.717) is 5.92 Å². The van der Waals surface area contributed by atoms with E-state index in [9.17, 15) is 4.39 Å². The second-order valence-corrected chi connectivity index (χ2v) is 5.27. The highest BCUT2D eigenvalue weighted by molar-refractivity contribution is 5.36. The fraction of sp³-hybridized carbons (Fsp3) is 0.600. The van der Waals surface area contributed by atoms with Crippen LogP contribution in [0.15, 0.2) is 12.1 Å². The zero-order chi connectivity index (χ0) is 12.4. The summed E-state index contributed by atoms with van der Waals surface area (Å²) in [5.41, 5.74) is 3.09. The summed E-state index contributed by atoms with van der Waals surface area (Å²) in [6.07, 6.45) is 2.03. The molecule has 2 heteroatoms. The van der Waals surface area contributed by atoms with Crippen LogP contribution in [-0.2, 0) is 4.74 Å². The summed E-state index contributed by atoms with van der Waals surface area (Å²) in [5.74, 6) is 0.679. The van der Waals surface area contributed by atoms with Gasteiger partial charge in [-0.15, -0.1) is 0 Å². The summed E-state index contributed by atoms with van der Waals surface area (Å²) >= 11 is 0. The Labute approximate surface area is 103 Å². The molecule has 0 atom stereocenters. The third kappa shape index (κ3) is 2.68. The van der Waals surface area contributed by atoms with Gasteiger partial charge in [-0.3, -0.25) is 0 Å². The Kier molecular flexibility index (Phi) is 3.82. The van der Waals surface area contributed by atoms with Gasteiger partial charge >= 0.3 is 0 Å². The Morgan fingerprint density at radius 1 is 1.24 bits per heavy atom. The average molecular weight is 236 g/mol. The first-order valence-corrected chi connectivity index (χ1v) is 6.47. The van der Waals surface area contributed by atoms with E-state index >= 15 is 0 Å². The van der Waals surface area contributed by atoms with Crippen LogP contribution in [0.2, 0.25) is 0 Å². The van der Waals surface area contributed by atoms with E-state index in [0.717, 1.165) is 42.7 Å². The second-order valence-electron chi connectivity index (χ2n) is 5.27. The van der Waals surface area contributed by atoms with Crippen LogP contribution in [0.4, 0.5) is 4.39 Å². The Balaban J connectivity index is 2.31. The maximum atomic E-state index is 14.1. The quantitative estimate of drug-likeness (QED) is 0.749. The number of halogens is 1. The highest BCUT2D eigenvalue weighted by Gasteiger charge is 2.19. The lowest BCUT2D eigenvalue weighted by Gasteiger charge is -2.24. The van der Waals surface area contributed by atoms with Gasteiger partial charge in [-0.05, 0) is 54.4 Å². The summed E-state index contributed by atoms with van der Waals surface area (Å²) < 4.78 is 19.4. The molecule has 1 fully saturated rings. The van der Waals surface area contributed by atoms with Crippen LogP contribution in [0.5, 0.6) is 0 Å². The summed E-state index contributed by atoms with van der Waals surface area (Å²) in [5, 5.41) is 0. The first kappa shape index (κ1) is 12.6. The topological polar surface area (TPSA) is 9.23 Å². The number of aryl methyl sites for hydroxylation is 1. The molecule has 17 heavy (non-hydrogen) atoms. The van der Waals surface area contributed by atoms with E-state index in [2.05, 4.69) is 6.07 Å². The van der Waals surface area contributed by atoms with Crippen molar-refractivity contribution in [3.63, 3.8) is 0 Å². The standard InChI is InChI=1S/C15H21FO/c1-10(2)15-11(3)8-13(9-14(15)16)12-4-6-17-7-5-12/h8-10,12H,4-7H2,1-3H3. The van der Waals surface area contributed by atoms with Crippen LogP contribution in [0.25, 0.3) is 0 Å². The fourth-order valence-electron chi connectivity index (χ4n) is 2.78. The predicted octanol–water partition coefficient (Wildman–Crippen LogP) is 4.15. The van der Waals surface area contributed by atoms with Gasteiger partial charge in [0.2, 0.25) is 0 Å². The third-order valence-electron chi connectivity index (χ3n) is 3.63. The summed E-state index contributed by atoms with van der Waals surface area (Å²) in [7, 11) is 0. The van der Waals surface area contributed by atoms with Gasteiger partial charge in [-0.1, -0.05) is 19.9 Å². The van der Waals surface area contributed by atoms with E-state index in [4.69, 9.17) is 4.74 Å². The first-order valence-electron chi connectivity index (χ1n) is 6.47. The average Bonchev–Trinajstić information content (AvgIpc) is 2.28. The van der Waals surface area contributed by atoms with Crippen LogP contribution < -0.4 is 0 Å². The number of hydrogen-bond donors (Lipinski definition) is 0. The van der Waals surface area contributed by atoms with Gasteiger partial charge < -0.3 is 4.74 Å². The van der Waals surface area contributed by atoms with E-state index in [1.807, 2.05) is 20.8 Å². The Hall–Kier alpha value is -0.890. The number of benzene rings is 1. The second kappa shape index (κ2) is 5.18. The van der Waals surface area contributed by atoms with Crippen LogP contribution in [-0.4, -0.2) is 13.2 Å². The molecule has 0 bridgehead atoms. The molecule has 0 spiro atoms. The lowest BCUT2D eigenvalue weighted by molar-refractivity contribution is 0.0852. The summed E-state index contributed by atoms with van der Waals surface area (Å²) in [6, 6.07) is 3.90. The van der Waals surface area contributed by atoms with Gasteiger partial charge in [0, 0.05) is 13.2 Å². The monoisotopic (exact) mass is 236 g/mol. The van der Waals surface area contributed by atoms with Crippen molar-refractivity contribution >= 4 is 0 Å². The molecule has 1 nitrogen and oxygen atoms in total. The zero-order valence-corrected chi connectivity index (χ0v) is 10.9. The van der Waals surface area contributed by atoms with Crippen LogP contribution in [0, 0.1) is 12.7 Å². The van der Waals surface area contributed by atoms with E-state index < -0.39 is 0 Å². The molecule has 1 aliphatic heterocycles. The number of ether oxygens (including phenoxy) is 1. The molecule has 0 amide bonds. The van der Waals surface area contributed by atoms with Crippen molar-refractivity contribution in [3.05, 3.63) is 34.6 Å². The molecule has 1 saturated heterocycles. The van der Waals surface area contributed by atoms with Gasteiger partial charge in [0.25, 0.3) is 0 Å². The van der Waals surface area contributed by atoms with Crippen LogP contribution in [0.1, 0.15) is 55.2 Å². The first-order chi connectivity index (χ1) is 8.09. The minimum atomic E-state index is -0.0403. The number of rotatable bonds is 2. The van der Waals surface area contributed by atoms with Crippen molar-refractivity contribution in [3.8, 4) is 0 Å². The van der Waals surface area contributed by atoms with E-state index in [1.54, 1.807) is 6.07 Å². The third-order valence-corrected chi connectivity index (χ3v) is 3.63. The maximum absolute atomic E-state index is 14.1. The smallest absolute Gasteiger partial charge is 0.127 e. The van der Waals surface area contributed by atoms with Gasteiger partial charge in [-0.2, -0.15) is 0 Å². The normalized spacial score (nSPS) is 17.7. The fourth-order valence-corrected chi connectivity index (χ4v) is 2.78. The zero-order valence-electron chi connectivity index (χ0n) is 10.9. The lowest BCUT2D eigenvalue weighted by atomic mass is 9.87. The molecule has 94 valence electrons. The van der Waals surface area contributed by atoms with Crippen molar-refractivity contribution < 1.29 is 9.13 Å². The molecule has 0 aromatic heterocycles. The number of hydrogen-bond acceptors (Lipinski definition) is 1. The SMILES string of the molecule is Cc1cc(C2CCOCC2)cc(F)c1C(C)C. The van der Waals surface area contributed by atoms with Gasteiger partial charge in [0.15, 0.2) is 0 Å². The molecular weight excluding hydrogens is 215 g/mol. The molecular formula is C15H21FO. The molecule has 0 aliphatic carbocycles. The maximum Gasteiger partial charge on any atom is 0.127 e. The van der Waals surface area contributed by atoms with Crippen molar-refractivity contribution in [2.24, 2.45) is 0 Å². The summed E-state index contributed by atoms with van der Waals surface area (Å²) in [6.45, 7) is 7.70. The van der Waals surface area contributed by atoms with E-state index in [-0.39, 0.29) is 11.7 Å². The van der Waals surface area contributed by atoms with Gasteiger partial charge in [0.05, 0.1) is 0 Å². The molecule has 1 heterocycles. The molecule has 0 radical (unpaired) electrons. The highest BCUT2D eigenvalue weighted by atomic mass is 19.1. The Bertz CT molecular complexity index is 369. The van der Waals surface area contributed by atoms with Crippen LogP contribution in [0.3, 0.4) is 0 Å². The minimum absolute atomic E-state index is 0.0403. The lowest BCUT2D eigenvalue weighted by Crippen LogP contribution is -2.15. The predicted molar refractivity (Wildman–Crippen MR) is 68.0 cm³/mol.